The van der Waals surface area contributed by atoms with Gasteiger partial charge in [-0.3, -0.25) is 0 Å². The van der Waals surface area contributed by atoms with Gasteiger partial charge in [-0.2, -0.15) is 0 Å². The summed E-state index contributed by atoms with van der Waals surface area (Å²) >= 11 is 1.58. The molecular weight excluding hydrogens is 59.0 g/mol. The van der Waals surface area contributed by atoms with Gasteiger partial charge in [0, 0.05) is 0 Å². The number of carbonyl (C=O) groups is 1. The van der Waals surface area contributed by atoms with Gasteiger partial charge in [-0.05, 0) is 0 Å². The fourth-order valence-electron chi connectivity index (χ4n) is 0. The van der Waals surface area contributed by atoms with E-state index in [2.05, 4.69) is 0 Å². The summed E-state index contributed by atoms with van der Waals surface area (Å²) in [4.78, 5) is 9.81. The van der Waals surface area contributed by atoms with Crippen LogP contribution in [0.3, 0.4) is 0 Å². The average Bonchev–Trinajstić information content (AvgIpc) is 1.38. The second-order valence-corrected chi connectivity index (χ2v) is 1.06. The van der Waals surface area contributed by atoms with Crippen molar-refractivity contribution >= 4 is 22.2 Å². The van der Waals surface area contributed by atoms with E-state index in [1.807, 2.05) is 6.92 Å². The van der Waals surface area contributed by atoms with Gasteiger partial charge < -0.3 is 0 Å². The molecule has 0 aliphatic rings. The molecule has 24 valence electrons. The van der Waals surface area contributed by atoms with Crippen molar-refractivity contribution in [1.29, 1.82) is 0 Å². The number of rotatable bonds is 1. The zero-order valence-electron chi connectivity index (χ0n) is 3.62. The van der Waals surface area contributed by atoms with Crippen LogP contribution in [0.25, 0.3) is 0 Å². The Balaban J connectivity index is 2.85. The van der Waals surface area contributed by atoms with Gasteiger partial charge in [0.25, 0.3) is 0 Å². The Labute approximate surface area is 41.0 Å². The molecule has 2 heteroatoms. The molecule has 1 nitrogen and oxygen atoms in total. The average molecular weight is 64.0 g/mol. The van der Waals surface area contributed by atoms with Crippen molar-refractivity contribution in [3.63, 3.8) is 0 Å². The second-order valence-electron chi connectivity index (χ2n) is 1.06. The van der Waals surface area contributed by atoms with E-state index in [1.54, 1.807) is 17.7 Å². The molecule has 5 heavy (non-hydrogen) atoms. The van der Waals surface area contributed by atoms with Crippen LogP contribution in [0.1, 0.15) is 13.3 Å². The van der Waals surface area contributed by atoms with Crippen molar-refractivity contribution in [3.8, 4) is 0 Å². The molecule has 0 N–H and O–H groups in total. The minimum absolute atomic E-state index is 0.255. The molecular formula is C3H5LiO. The zero-order valence-corrected chi connectivity index (χ0v) is 3.62. The number of carbonyl (C=O) groups excluding carboxylic acids is 1. The molecule has 0 aromatic heterocycles. The maximum absolute atomic E-state index is 9.81. The Bertz CT molecular complexity index is 42.2. The third-order valence-corrected chi connectivity index (χ3v) is 0.498. The Kier molecular flexibility index (Phi) is 2.64. The van der Waals surface area contributed by atoms with Crippen LogP contribution in [0.5, 0.6) is 0 Å². The Morgan fingerprint density at radius 1 is 2.00 bits per heavy atom. The Morgan fingerprint density at radius 3 is 2.20 bits per heavy atom. The van der Waals surface area contributed by atoms with E-state index in [0.717, 1.165) is 0 Å². The summed E-state index contributed by atoms with van der Waals surface area (Å²) in [5.41, 5.74) is 0. The van der Waals surface area contributed by atoms with E-state index in [0.29, 0.717) is 6.42 Å². The first-order chi connectivity index (χ1) is 2.27. The third kappa shape index (κ3) is 4.27. The molecule has 0 saturated heterocycles. The normalized spacial score (nSPS) is 7.80. The van der Waals surface area contributed by atoms with Gasteiger partial charge in [0.05, 0.1) is 0 Å². The first kappa shape index (κ1) is 5.27. The summed E-state index contributed by atoms with van der Waals surface area (Å²) in [6, 6.07) is 0. The van der Waals surface area contributed by atoms with Gasteiger partial charge in [0.15, 0.2) is 0 Å². The van der Waals surface area contributed by atoms with E-state index >= 15 is 0 Å². The molecule has 0 aliphatic carbocycles. The fraction of sp³-hybridized carbons (Fsp3) is 0.667. The van der Waals surface area contributed by atoms with Crippen molar-refractivity contribution < 1.29 is 4.79 Å². The third-order valence-electron chi connectivity index (χ3n) is 0.498. The molecule has 0 radical (unpaired) electrons. The minimum atomic E-state index is 0.255. The second kappa shape index (κ2) is 2.50. The van der Waals surface area contributed by atoms with E-state index < -0.39 is 0 Å². The zero-order chi connectivity index (χ0) is 4.28. The van der Waals surface area contributed by atoms with Gasteiger partial charge in [-0.25, -0.2) is 0 Å². The Morgan fingerprint density at radius 2 is 2.20 bits per heavy atom. The molecule has 0 atom stereocenters. The molecule has 0 bridgehead atoms. The first-order valence-corrected chi connectivity index (χ1v) is 1.76. The van der Waals surface area contributed by atoms with Gasteiger partial charge in [-0.1, -0.05) is 0 Å². The van der Waals surface area contributed by atoms with Crippen LogP contribution in [0.2, 0.25) is 0 Å². The summed E-state index contributed by atoms with van der Waals surface area (Å²) in [6.07, 6.45) is 0.667. The van der Waals surface area contributed by atoms with Crippen LogP contribution < -0.4 is 0 Å². The first-order valence-electron chi connectivity index (χ1n) is 1.76. The predicted octanol–water partition coefficient (Wildman–Crippen LogP) is 0.0915. The van der Waals surface area contributed by atoms with Crippen LogP contribution >= 0.6 is 0 Å². The SMILES string of the molecule is [Li][C](=O)CC. The summed E-state index contributed by atoms with van der Waals surface area (Å²) in [5.74, 6) is 0. The van der Waals surface area contributed by atoms with Gasteiger partial charge >= 0.3 is 40.3 Å². The van der Waals surface area contributed by atoms with Crippen molar-refractivity contribution in [2.45, 2.75) is 13.3 Å². The molecule has 0 aromatic carbocycles. The summed E-state index contributed by atoms with van der Waals surface area (Å²) < 4.78 is 0.255. The van der Waals surface area contributed by atoms with Crippen LogP contribution in [0.15, 0.2) is 0 Å². The van der Waals surface area contributed by atoms with Gasteiger partial charge in [-0.15, -0.1) is 0 Å². The Hall–Kier alpha value is 0.267. The van der Waals surface area contributed by atoms with Crippen molar-refractivity contribution in [3.05, 3.63) is 0 Å². The maximum atomic E-state index is 9.81. The molecule has 0 spiro atoms. The molecule has 0 aliphatic heterocycles. The van der Waals surface area contributed by atoms with Gasteiger partial charge in [0.1, 0.15) is 0 Å². The number of hydrogen-bond acceptors (Lipinski definition) is 1. The number of hydrogen-bond donors (Lipinski definition) is 0. The van der Waals surface area contributed by atoms with Crippen LogP contribution in [0.4, 0.5) is 0 Å². The van der Waals surface area contributed by atoms with Crippen molar-refractivity contribution in [2.75, 3.05) is 0 Å². The van der Waals surface area contributed by atoms with E-state index in [4.69, 9.17) is 0 Å². The molecule has 0 rings (SSSR count). The van der Waals surface area contributed by atoms with E-state index in [-0.39, 0.29) is 4.46 Å². The monoisotopic (exact) mass is 64.1 g/mol. The fourth-order valence-corrected chi connectivity index (χ4v) is 0. The standard InChI is InChI=1S/C3H5O.Li/c1-2-3-4;/h2H2,1H3;. The van der Waals surface area contributed by atoms with Gasteiger partial charge in [0.2, 0.25) is 0 Å². The topological polar surface area (TPSA) is 17.1 Å². The van der Waals surface area contributed by atoms with Crippen LogP contribution in [-0.2, 0) is 4.79 Å². The quantitative estimate of drug-likeness (QED) is 0.395. The molecule has 0 fully saturated rings. The summed E-state index contributed by atoms with van der Waals surface area (Å²) in [6.45, 7) is 1.85. The van der Waals surface area contributed by atoms with E-state index in [9.17, 15) is 4.79 Å². The van der Waals surface area contributed by atoms with Crippen molar-refractivity contribution in [2.24, 2.45) is 0 Å². The summed E-state index contributed by atoms with van der Waals surface area (Å²) in [5, 5.41) is 0. The molecule has 0 heterocycles. The molecule has 0 aromatic rings. The molecule has 0 amide bonds. The molecule has 0 unspecified atom stereocenters. The van der Waals surface area contributed by atoms with Crippen LogP contribution in [-0.4, -0.2) is 22.2 Å². The van der Waals surface area contributed by atoms with Crippen molar-refractivity contribution in [1.82, 2.24) is 0 Å². The predicted molar refractivity (Wildman–Crippen MR) is 21.1 cm³/mol. The van der Waals surface area contributed by atoms with Crippen LogP contribution in [0, 0.1) is 0 Å². The van der Waals surface area contributed by atoms with E-state index in [1.165, 1.54) is 0 Å². The molecule has 0 saturated carbocycles. The summed E-state index contributed by atoms with van der Waals surface area (Å²) in [7, 11) is 0.